The number of methoxy groups -OCH3 is 2. The molecular weight excluding hydrogens is 461 g/mol. The van der Waals surface area contributed by atoms with Gasteiger partial charge in [0.05, 0.1) is 7.11 Å². The Hall–Kier alpha value is -3.13. The van der Waals surface area contributed by atoms with Crippen molar-refractivity contribution < 1.29 is 37.0 Å². The van der Waals surface area contributed by atoms with E-state index in [-0.39, 0.29) is 11.5 Å². The van der Waals surface area contributed by atoms with Gasteiger partial charge >= 0.3 is 18.1 Å². The molecule has 0 saturated carbocycles. The number of ether oxygens (including phenoxy) is 3. The molecule has 0 aliphatic carbocycles. The quantitative estimate of drug-likeness (QED) is 0.222. The topological polar surface area (TPSA) is 61.8 Å². The minimum atomic E-state index is -5.00. The van der Waals surface area contributed by atoms with Crippen molar-refractivity contribution in [3.8, 4) is 0 Å². The molecule has 0 spiro atoms. The van der Waals surface area contributed by atoms with Crippen LogP contribution in [0.25, 0.3) is 0 Å². The fourth-order valence-corrected chi connectivity index (χ4v) is 3.09. The molecule has 0 saturated heterocycles. The lowest BCUT2D eigenvalue weighted by Gasteiger charge is -2.33. The lowest BCUT2D eigenvalue weighted by molar-refractivity contribution is -0.277. The normalized spacial score (nSPS) is 15.1. The molecule has 0 fully saturated rings. The van der Waals surface area contributed by atoms with Gasteiger partial charge in [-0.05, 0) is 38.7 Å². The van der Waals surface area contributed by atoms with Crippen molar-refractivity contribution in [1.82, 2.24) is 0 Å². The van der Waals surface area contributed by atoms with Crippen LogP contribution in [-0.4, -0.2) is 38.4 Å². The second-order valence-electron chi connectivity index (χ2n) is 7.52. The smallest absolute Gasteiger partial charge is 0.432 e. The minimum absolute atomic E-state index is 0.228. The Morgan fingerprint density at radius 1 is 0.886 bits per heavy atom. The molecule has 192 valence electrons. The molecule has 0 N–H and O–H groups in total. The monoisotopic (exact) mass is 494 g/mol. The summed E-state index contributed by atoms with van der Waals surface area (Å²) in [6.45, 7) is 1.49. The largest absolute Gasteiger partial charge is 0.469 e. The van der Waals surface area contributed by atoms with Gasteiger partial charge in [-0.1, -0.05) is 72.9 Å². The van der Waals surface area contributed by atoms with Gasteiger partial charge in [0.15, 0.2) is 0 Å². The molecule has 35 heavy (non-hydrogen) atoms. The highest BCUT2D eigenvalue weighted by Crippen LogP contribution is 2.43. The summed E-state index contributed by atoms with van der Waals surface area (Å²) in [5.74, 6) is -1.75. The maximum absolute atomic E-state index is 13.9. The molecule has 0 radical (unpaired) electrons. The molecule has 0 aliphatic heterocycles. The van der Waals surface area contributed by atoms with Crippen molar-refractivity contribution in [1.29, 1.82) is 0 Å². The van der Waals surface area contributed by atoms with Crippen molar-refractivity contribution in [3.63, 3.8) is 0 Å². The Morgan fingerprint density at radius 2 is 1.43 bits per heavy atom. The third-order valence-electron chi connectivity index (χ3n) is 4.93. The van der Waals surface area contributed by atoms with E-state index in [0.717, 1.165) is 20.0 Å². The number of carbonyl (C=O) groups excluding carboxylic acids is 2. The molecule has 2 atom stereocenters. The highest BCUT2D eigenvalue weighted by Gasteiger charge is 2.64. The third kappa shape index (κ3) is 9.94. The first-order valence-corrected chi connectivity index (χ1v) is 11.3. The molecule has 1 rings (SSSR count). The predicted molar refractivity (Wildman–Crippen MR) is 128 cm³/mol. The van der Waals surface area contributed by atoms with Gasteiger partial charge in [0, 0.05) is 19.1 Å². The van der Waals surface area contributed by atoms with Crippen LogP contribution in [0.15, 0.2) is 78.9 Å². The molecule has 1 aromatic rings. The zero-order chi connectivity index (χ0) is 26.2. The summed E-state index contributed by atoms with van der Waals surface area (Å²) in [6.07, 6.45) is 12.2. The predicted octanol–water partition coefficient (Wildman–Crippen LogP) is 6.37. The molecule has 8 heteroatoms. The van der Waals surface area contributed by atoms with Crippen LogP contribution in [0.3, 0.4) is 0 Å². The second-order valence-corrected chi connectivity index (χ2v) is 7.52. The SMILES string of the molecule is COC(=O)CC/C=C\C/C=C\C/C=C\C/C=C\[C@H](C)OC(=O)[C@](OC)(c1ccccc1)C(F)(F)F. The van der Waals surface area contributed by atoms with E-state index in [4.69, 9.17) is 9.47 Å². The fourth-order valence-electron chi connectivity index (χ4n) is 3.09. The average Bonchev–Trinajstić information content (AvgIpc) is 2.82. The molecule has 1 aromatic carbocycles. The molecule has 5 nitrogen and oxygen atoms in total. The average molecular weight is 495 g/mol. The van der Waals surface area contributed by atoms with Crippen LogP contribution in [0.1, 0.15) is 44.6 Å². The number of rotatable bonds is 14. The van der Waals surface area contributed by atoms with Gasteiger partial charge < -0.3 is 14.2 Å². The minimum Gasteiger partial charge on any atom is -0.469 e. The van der Waals surface area contributed by atoms with Gasteiger partial charge in [0.2, 0.25) is 0 Å². The van der Waals surface area contributed by atoms with Crippen LogP contribution in [0.5, 0.6) is 0 Å². The fraction of sp³-hybridized carbons (Fsp3) is 0.407. The van der Waals surface area contributed by atoms with Gasteiger partial charge in [-0.15, -0.1) is 0 Å². The first-order valence-electron chi connectivity index (χ1n) is 11.3. The number of esters is 2. The lowest BCUT2D eigenvalue weighted by atomic mass is 9.92. The molecule has 0 bridgehead atoms. The summed E-state index contributed by atoms with van der Waals surface area (Å²) in [6, 6.07) is 6.71. The Balaban J connectivity index is 2.48. The van der Waals surface area contributed by atoms with Crippen molar-refractivity contribution in [2.24, 2.45) is 0 Å². The molecule has 0 amide bonds. The molecule has 0 unspecified atom stereocenters. The summed E-state index contributed by atoms with van der Waals surface area (Å²) in [5, 5.41) is 0. The maximum atomic E-state index is 13.9. The summed E-state index contributed by atoms with van der Waals surface area (Å²) in [7, 11) is 2.20. The molecular formula is C27H33F3O5. The van der Waals surface area contributed by atoms with Crippen molar-refractivity contribution in [2.75, 3.05) is 14.2 Å². The number of hydrogen-bond acceptors (Lipinski definition) is 5. The molecule has 0 aromatic heterocycles. The number of hydrogen-bond donors (Lipinski definition) is 0. The highest BCUT2D eigenvalue weighted by molar-refractivity contribution is 5.83. The summed E-state index contributed by atoms with van der Waals surface area (Å²) in [5.41, 5.74) is -3.54. The number of alkyl halides is 3. The van der Waals surface area contributed by atoms with E-state index in [9.17, 15) is 22.8 Å². The van der Waals surface area contributed by atoms with Crippen molar-refractivity contribution in [3.05, 3.63) is 84.5 Å². The van der Waals surface area contributed by atoms with Gasteiger partial charge in [0.25, 0.3) is 5.60 Å². The number of carbonyl (C=O) groups is 2. The maximum Gasteiger partial charge on any atom is 0.432 e. The van der Waals surface area contributed by atoms with Crippen molar-refractivity contribution in [2.45, 2.75) is 56.9 Å². The summed E-state index contributed by atoms with van der Waals surface area (Å²) < 4.78 is 56.0. The standard InChI is InChI=1S/C27H33F3O5/c1-22(18-14-11-9-7-5-4-6-8-10-12-17-21-24(31)33-2)35-25(32)26(34-3,27(28,29)30)23-19-15-13-16-20-23/h4,6-7,9-10,12-16,18-20,22H,5,8,11,17,21H2,1-3H3/b6-4-,9-7-,12-10-,18-14-/t22-,26+/m0/s1. The number of allylic oxidation sites excluding steroid dienone is 7. The first kappa shape index (κ1) is 29.9. The lowest BCUT2D eigenvalue weighted by Crippen LogP contribution is -2.52. The zero-order valence-electron chi connectivity index (χ0n) is 20.3. The summed E-state index contributed by atoms with van der Waals surface area (Å²) >= 11 is 0. The van der Waals surface area contributed by atoms with Gasteiger partial charge in [-0.3, -0.25) is 4.79 Å². The summed E-state index contributed by atoms with van der Waals surface area (Å²) in [4.78, 5) is 23.5. The van der Waals surface area contributed by atoms with Gasteiger partial charge in [-0.25, -0.2) is 4.79 Å². The van der Waals surface area contributed by atoms with Crippen molar-refractivity contribution >= 4 is 11.9 Å². The van der Waals surface area contributed by atoms with E-state index >= 15 is 0 Å². The Labute approximate surface area is 204 Å². The van der Waals surface area contributed by atoms with Crippen LogP contribution in [-0.2, 0) is 29.4 Å². The van der Waals surface area contributed by atoms with Gasteiger partial charge in [0.1, 0.15) is 6.10 Å². The van der Waals surface area contributed by atoms with Crippen LogP contribution < -0.4 is 0 Å². The second kappa shape index (κ2) is 15.7. The highest BCUT2D eigenvalue weighted by atomic mass is 19.4. The Morgan fingerprint density at radius 3 is 1.94 bits per heavy atom. The van der Waals surface area contributed by atoms with E-state index in [2.05, 4.69) is 4.74 Å². The number of halogens is 3. The van der Waals surface area contributed by atoms with Crippen LogP contribution in [0.4, 0.5) is 13.2 Å². The van der Waals surface area contributed by atoms with E-state index < -0.39 is 23.9 Å². The molecule has 0 aliphatic rings. The zero-order valence-corrected chi connectivity index (χ0v) is 20.3. The Kier molecular flexibility index (Phi) is 13.4. The molecule has 0 heterocycles. The number of benzene rings is 1. The van der Waals surface area contributed by atoms with Crippen LogP contribution in [0, 0.1) is 0 Å². The first-order chi connectivity index (χ1) is 16.7. The van der Waals surface area contributed by atoms with E-state index in [1.54, 1.807) is 12.1 Å². The van der Waals surface area contributed by atoms with E-state index in [0.29, 0.717) is 19.3 Å². The Bertz CT molecular complexity index is 888. The van der Waals surface area contributed by atoms with E-state index in [1.165, 1.54) is 44.4 Å². The third-order valence-corrected chi connectivity index (χ3v) is 4.93. The van der Waals surface area contributed by atoms with Crippen LogP contribution >= 0.6 is 0 Å². The van der Waals surface area contributed by atoms with E-state index in [1.807, 2.05) is 36.5 Å². The van der Waals surface area contributed by atoms with Crippen LogP contribution in [0.2, 0.25) is 0 Å². The van der Waals surface area contributed by atoms with Gasteiger partial charge in [-0.2, -0.15) is 13.2 Å².